The van der Waals surface area contributed by atoms with Gasteiger partial charge >= 0.3 is 12.1 Å². The fourth-order valence-electron chi connectivity index (χ4n) is 2.75. The second-order valence-electron chi connectivity index (χ2n) is 6.18. The summed E-state index contributed by atoms with van der Waals surface area (Å²) in [5.41, 5.74) is 0.116. The van der Waals surface area contributed by atoms with Crippen LogP contribution in [0.4, 0.5) is 13.2 Å². The second kappa shape index (κ2) is 7.67. The first-order chi connectivity index (χ1) is 13.2. The number of para-hydroxylation sites is 1. The molecule has 0 saturated carbocycles. The molecule has 0 bridgehead atoms. The number of alkyl halides is 3. The molecule has 2 N–H and O–H groups in total. The van der Waals surface area contributed by atoms with E-state index in [1.807, 2.05) is 0 Å². The molecule has 28 heavy (non-hydrogen) atoms. The maximum atomic E-state index is 12.8. The normalized spacial score (nSPS) is 12.5. The number of pyridine rings is 1. The third-order valence-electron chi connectivity index (χ3n) is 4.15. The van der Waals surface area contributed by atoms with E-state index in [9.17, 15) is 27.9 Å². The Hall–Kier alpha value is -3.42. The molecule has 8 heteroatoms. The van der Waals surface area contributed by atoms with Crippen LogP contribution in [0, 0.1) is 0 Å². The lowest BCUT2D eigenvalue weighted by Gasteiger charge is -2.16. The first-order valence-electron chi connectivity index (χ1n) is 8.28. The zero-order valence-corrected chi connectivity index (χ0v) is 14.4. The number of carboxylic acid groups (broad SMARTS) is 1. The summed E-state index contributed by atoms with van der Waals surface area (Å²) in [5, 5.41) is 12.4. The van der Waals surface area contributed by atoms with Crippen LogP contribution in [0.25, 0.3) is 10.9 Å². The number of carboxylic acids is 1. The van der Waals surface area contributed by atoms with Gasteiger partial charge in [-0.2, -0.15) is 13.2 Å². The largest absolute Gasteiger partial charge is 0.480 e. The molecule has 2 aromatic carbocycles. The van der Waals surface area contributed by atoms with Gasteiger partial charge in [-0.1, -0.05) is 36.4 Å². The number of nitrogens with one attached hydrogen (secondary N) is 1. The van der Waals surface area contributed by atoms with E-state index in [2.05, 4.69) is 10.3 Å². The molecular formula is C20H15F3N2O3. The summed E-state index contributed by atoms with van der Waals surface area (Å²) in [6.07, 6.45) is -3.50. The summed E-state index contributed by atoms with van der Waals surface area (Å²) in [5.74, 6) is -2.02. The van der Waals surface area contributed by atoms with Gasteiger partial charge in [-0.15, -0.1) is 0 Å². The van der Waals surface area contributed by atoms with Gasteiger partial charge < -0.3 is 10.4 Å². The van der Waals surface area contributed by atoms with Crippen molar-refractivity contribution in [3.8, 4) is 0 Å². The number of halogens is 3. The summed E-state index contributed by atoms with van der Waals surface area (Å²) >= 11 is 0. The van der Waals surface area contributed by atoms with Crippen molar-refractivity contribution in [3.63, 3.8) is 0 Å². The third kappa shape index (κ3) is 4.46. The molecule has 1 heterocycles. The molecule has 0 aliphatic rings. The lowest BCUT2D eigenvalue weighted by Crippen LogP contribution is -2.42. The van der Waals surface area contributed by atoms with Gasteiger partial charge in [0.2, 0.25) is 0 Å². The van der Waals surface area contributed by atoms with Crippen LogP contribution in [0.5, 0.6) is 0 Å². The van der Waals surface area contributed by atoms with E-state index in [4.69, 9.17) is 0 Å². The van der Waals surface area contributed by atoms with E-state index in [0.717, 1.165) is 12.1 Å². The fraction of sp³-hybridized carbons (Fsp3) is 0.150. The predicted molar refractivity (Wildman–Crippen MR) is 95.8 cm³/mol. The Morgan fingerprint density at radius 1 is 1.07 bits per heavy atom. The van der Waals surface area contributed by atoms with Gasteiger partial charge in [-0.05, 0) is 23.8 Å². The number of rotatable bonds is 5. The predicted octanol–water partition coefficient (Wildman–Crippen LogP) is 3.68. The number of hydrogen-bond acceptors (Lipinski definition) is 3. The van der Waals surface area contributed by atoms with Crippen molar-refractivity contribution >= 4 is 22.8 Å². The molecule has 0 unspecified atom stereocenters. The van der Waals surface area contributed by atoms with Crippen molar-refractivity contribution in [2.45, 2.75) is 18.6 Å². The minimum absolute atomic E-state index is 0.152. The lowest BCUT2D eigenvalue weighted by atomic mass is 10.0. The minimum atomic E-state index is -4.53. The summed E-state index contributed by atoms with van der Waals surface area (Å²) < 4.78 is 38.5. The number of carbonyl (C=O) groups excluding carboxylic acids is 1. The molecule has 0 fully saturated rings. The molecule has 0 radical (unpaired) electrons. The van der Waals surface area contributed by atoms with Crippen LogP contribution < -0.4 is 5.32 Å². The number of amides is 1. The maximum Gasteiger partial charge on any atom is 0.416 e. The molecule has 1 amide bonds. The third-order valence-corrected chi connectivity index (χ3v) is 4.15. The molecule has 0 spiro atoms. The van der Waals surface area contributed by atoms with Crippen molar-refractivity contribution in [2.24, 2.45) is 0 Å². The van der Waals surface area contributed by atoms with Crippen molar-refractivity contribution in [1.82, 2.24) is 10.3 Å². The lowest BCUT2D eigenvalue weighted by molar-refractivity contribution is -0.139. The van der Waals surface area contributed by atoms with E-state index in [1.165, 1.54) is 18.3 Å². The summed E-state index contributed by atoms with van der Waals surface area (Å²) in [4.78, 5) is 28.1. The van der Waals surface area contributed by atoms with Crippen LogP contribution in [-0.4, -0.2) is 28.0 Å². The Morgan fingerprint density at radius 3 is 2.54 bits per heavy atom. The van der Waals surface area contributed by atoms with E-state index in [1.54, 1.807) is 30.3 Å². The molecule has 0 aliphatic heterocycles. The van der Waals surface area contributed by atoms with E-state index >= 15 is 0 Å². The zero-order chi connectivity index (χ0) is 20.3. The van der Waals surface area contributed by atoms with Gasteiger partial charge in [0.15, 0.2) is 0 Å². The smallest absolute Gasteiger partial charge is 0.416 e. The van der Waals surface area contributed by atoms with Crippen LogP contribution in [0.3, 0.4) is 0 Å². The van der Waals surface area contributed by atoms with Crippen molar-refractivity contribution in [3.05, 3.63) is 77.5 Å². The van der Waals surface area contributed by atoms with Gasteiger partial charge in [0.25, 0.3) is 5.91 Å². The fourth-order valence-corrected chi connectivity index (χ4v) is 2.75. The minimum Gasteiger partial charge on any atom is -0.480 e. The average Bonchev–Trinajstić information content (AvgIpc) is 2.66. The van der Waals surface area contributed by atoms with Gasteiger partial charge in [0, 0.05) is 18.0 Å². The summed E-state index contributed by atoms with van der Waals surface area (Å²) in [6, 6.07) is 11.6. The SMILES string of the molecule is O=C(N[C@@H](Cc1cccc(C(F)(F)F)c1)C(=O)O)c1cnc2ccccc2c1. The number of nitrogens with zero attached hydrogens (tertiary/aromatic N) is 1. The molecule has 5 nitrogen and oxygen atoms in total. The number of hydrogen-bond donors (Lipinski definition) is 2. The Morgan fingerprint density at radius 2 is 1.82 bits per heavy atom. The number of aliphatic carboxylic acids is 1. The Labute approximate surface area is 157 Å². The van der Waals surface area contributed by atoms with Crippen LogP contribution in [-0.2, 0) is 17.4 Å². The summed E-state index contributed by atoms with van der Waals surface area (Å²) in [6.45, 7) is 0. The molecule has 1 aromatic heterocycles. The van der Waals surface area contributed by atoms with Crippen molar-refractivity contribution in [1.29, 1.82) is 0 Å². The molecular weight excluding hydrogens is 373 g/mol. The van der Waals surface area contributed by atoms with Gasteiger partial charge in [-0.3, -0.25) is 9.78 Å². The highest BCUT2D eigenvalue weighted by Crippen LogP contribution is 2.29. The Balaban J connectivity index is 1.79. The topological polar surface area (TPSA) is 79.3 Å². The van der Waals surface area contributed by atoms with Gasteiger partial charge in [0.05, 0.1) is 16.6 Å². The molecule has 0 aliphatic carbocycles. The number of fused-ring (bicyclic) bond motifs is 1. The first-order valence-corrected chi connectivity index (χ1v) is 8.28. The number of carbonyl (C=O) groups is 2. The van der Waals surface area contributed by atoms with Crippen LogP contribution in [0.1, 0.15) is 21.5 Å². The molecule has 144 valence electrons. The van der Waals surface area contributed by atoms with Crippen LogP contribution in [0.15, 0.2) is 60.8 Å². The maximum absolute atomic E-state index is 12.8. The van der Waals surface area contributed by atoms with Gasteiger partial charge in [0.1, 0.15) is 6.04 Å². The summed E-state index contributed by atoms with van der Waals surface area (Å²) in [7, 11) is 0. The monoisotopic (exact) mass is 388 g/mol. The van der Waals surface area contributed by atoms with Crippen LogP contribution in [0.2, 0.25) is 0 Å². The molecule has 1 atom stereocenters. The van der Waals surface area contributed by atoms with Crippen molar-refractivity contribution in [2.75, 3.05) is 0 Å². The standard InChI is InChI=1S/C20H15F3N2O3/c21-20(22,23)15-6-3-4-12(8-15)9-17(19(27)28)25-18(26)14-10-13-5-1-2-7-16(13)24-11-14/h1-8,10-11,17H,9H2,(H,25,26)(H,27,28)/t17-/m0/s1. The van der Waals surface area contributed by atoms with E-state index < -0.39 is 29.7 Å². The molecule has 3 rings (SSSR count). The zero-order valence-electron chi connectivity index (χ0n) is 14.4. The average molecular weight is 388 g/mol. The van der Waals surface area contributed by atoms with Crippen molar-refractivity contribution < 1.29 is 27.9 Å². The quantitative estimate of drug-likeness (QED) is 0.699. The Bertz CT molecular complexity index is 1030. The van der Waals surface area contributed by atoms with E-state index in [-0.39, 0.29) is 17.5 Å². The highest BCUT2D eigenvalue weighted by atomic mass is 19.4. The van der Waals surface area contributed by atoms with E-state index in [0.29, 0.717) is 10.9 Å². The Kier molecular flexibility index (Phi) is 5.30. The second-order valence-corrected chi connectivity index (χ2v) is 6.18. The molecule has 3 aromatic rings. The first kappa shape index (κ1) is 19.3. The molecule has 0 saturated heterocycles. The number of aromatic nitrogens is 1. The van der Waals surface area contributed by atoms with Crippen LogP contribution >= 0.6 is 0 Å². The highest BCUT2D eigenvalue weighted by molar-refractivity contribution is 5.99. The number of benzene rings is 2. The highest BCUT2D eigenvalue weighted by Gasteiger charge is 2.31. The van der Waals surface area contributed by atoms with Gasteiger partial charge in [-0.25, -0.2) is 4.79 Å².